The number of anilines is 2. The largest absolute Gasteiger partial charge is 0.465 e. The predicted octanol–water partition coefficient (Wildman–Crippen LogP) is 5.31. The fraction of sp³-hybridized carbons (Fsp3) is 0.154. The normalized spacial score (nSPS) is 15.2. The Morgan fingerprint density at radius 3 is 2.11 bits per heavy atom. The Morgan fingerprint density at radius 1 is 0.944 bits per heavy atom. The van der Waals surface area contributed by atoms with Gasteiger partial charge in [-0.25, -0.2) is 4.79 Å². The Morgan fingerprint density at radius 2 is 1.53 bits per heavy atom. The first-order valence-corrected chi connectivity index (χ1v) is 12.1. The van der Waals surface area contributed by atoms with Crippen LogP contribution in [0.1, 0.15) is 22.3 Å². The number of hydrogen-bond donors (Lipinski definition) is 1. The molecule has 1 heterocycles. The fourth-order valence-corrected chi connectivity index (χ4v) is 4.46. The first-order chi connectivity index (χ1) is 17.3. The van der Waals surface area contributed by atoms with Gasteiger partial charge in [-0.1, -0.05) is 35.3 Å². The summed E-state index contributed by atoms with van der Waals surface area (Å²) < 4.78 is 4.69. The maximum atomic E-state index is 13.5. The Bertz CT molecular complexity index is 1300. The van der Waals surface area contributed by atoms with Gasteiger partial charge in [0.25, 0.3) is 5.91 Å². The lowest BCUT2D eigenvalue weighted by Gasteiger charge is -2.24. The number of methoxy groups -OCH3 is 1. The highest BCUT2D eigenvalue weighted by molar-refractivity contribution is 7.80. The van der Waals surface area contributed by atoms with Gasteiger partial charge in [0.2, 0.25) is 5.91 Å². The summed E-state index contributed by atoms with van der Waals surface area (Å²) in [5.74, 6) is -1.16. The van der Waals surface area contributed by atoms with Crippen molar-refractivity contribution in [3.8, 4) is 0 Å². The van der Waals surface area contributed by atoms with Crippen LogP contribution in [0.25, 0.3) is 0 Å². The number of halogens is 2. The molecule has 1 fully saturated rings. The summed E-state index contributed by atoms with van der Waals surface area (Å²) >= 11 is 17.7. The van der Waals surface area contributed by atoms with Crippen LogP contribution in [0.15, 0.2) is 72.8 Å². The fourth-order valence-electron chi connectivity index (χ4n) is 3.82. The number of esters is 1. The molecule has 1 atom stereocenters. The van der Waals surface area contributed by atoms with E-state index in [0.29, 0.717) is 33.5 Å². The number of benzene rings is 3. The zero-order valence-corrected chi connectivity index (χ0v) is 21.4. The molecule has 4 rings (SSSR count). The van der Waals surface area contributed by atoms with Crippen LogP contribution in [0.2, 0.25) is 10.0 Å². The number of nitrogens with one attached hydrogen (secondary N) is 1. The molecule has 0 unspecified atom stereocenters. The molecule has 1 saturated heterocycles. The van der Waals surface area contributed by atoms with E-state index in [-0.39, 0.29) is 23.3 Å². The van der Waals surface area contributed by atoms with E-state index in [0.717, 1.165) is 5.56 Å². The first kappa shape index (κ1) is 25.6. The maximum Gasteiger partial charge on any atom is 0.337 e. The maximum absolute atomic E-state index is 13.5. The van der Waals surface area contributed by atoms with Gasteiger partial charge in [0, 0.05) is 22.3 Å². The minimum absolute atomic E-state index is 0.130. The molecular formula is C26H21Cl2N3O4S. The van der Waals surface area contributed by atoms with E-state index in [1.165, 1.54) is 12.0 Å². The topological polar surface area (TPSA) is 78.9 Å². The molecule has 3 aromatic carbocycles. The zero-order chi connectivity index (χ0) is 25.8. The van der Waals surface area contributed by atoms with E-state index >= 15 is 0 Å². The van der Waals surface area contributed by atoms with Gasteiger partial charge in [0.05, 0.1) is 24.8 Å². The van der Waals surface area contributed by atoms with Crippen LogP contribution in [0.4, 0.5) is 11.4 Å². The van der Waals surface area contributed by atoms with E-state index in [1.807, 2.05) is 12.1 Å². The number of thiocarbonyl (C=S) groups is 1. The lowest BCUT2D eigenvalue weighted by Crippen LogP contribution is -2.37. The van der Waals surface area contributed by atoms with Crippen molar-refractivity contribution in [3.05, 3.63) is 94.0 Å². The summed E-state index contributed by atoms with van der Waals surface area (Å²) in [5.41, 5.74) is 2.30. The molecule has 7 nitrogen and oxygen atoms in total. The van der Waals surface area contributed by atoms with E-state index in [4.69, 9.17) is 35.4 Å². The van der Waals surface area contributed by atoms with E-state index in [9.17, 15) is 14.4 Å². The Labute approximate surface area is 223 Å². The summed E-state index contributed by atoms with van der Waals surface area (Å²) in [4.78, 5) is 41.2. The van der Waals surface area contributed by atoms with Gasteiger partial charge in [-0.2, -0.15) is 0 Å². The van der Waals surface area contributed by atoms with Gasteiger partial charge in [-0.3, -0.25) is 14.5 Å². The van der Waals surface area contributed by atoms with Crippen molar-refractivity contribution < 1.29 is 19.1 Å². The lowest BCUT2D eigenvalue weighted by molar-refractivity contribution is -0.124. The van der Waals surface area contributed by atoms with Gasteiger partial charge in [0.1, 0.15) is 6.04 Å². The van der Waals surface area contributed by atoms with E-state index < -0.39 is 12.0 Å². The average molecular weight is 542 g/mol. The second-order valence-electron chi connectivity index (χ2n) is 8.02. The van der Waals surface area contributed by atoms with Crippen LogP contribution in [-0.2, 0) is 20.9 Å². The molecule has 3 aromatic rings. The monoisotopic (exact) mass is 541 g/mol. The van der Waals surface area contributed by atoms with Crippen molar-refractivity contribution in [2.24, 2.45) is 0 Å². The molecule has 0 radical (unpaired) electrons. The highest BCUT2D eigenvalue weighted by atomic mass is 35.5. The average Bonchev–Trinajstić information content (AvgIpc) is 3.09. The van der Waals surface area contributed by atoms with Gasteiger partial charge >= 0.3 is 5.97 Å². The predicted molar refractivity (Wildman–Crippen MR) is 143 cm³/mol. The molecule has 184 valence electrons. The van der Waals surface area contributed by atoms with Crippen molar-refractivity contribution >= 4 is 69.7 Å². The SMILES string of the molecule is COC(=O)c1ccc(NC(=O)C[C@H]2C(=O)N(c3ccc(Cl)cc3)C(=S)N2Cc2ccc(Cl)cc2)cc1. The summed E-state index contributed by atoms with van der Waals surface area (Å²) in [6.45, 7) is 0.317. The number of nitrogens with zero attached hydrogens (tertiary/aromatic N) is 2. The Hall–Kier alpha value is -3.46. The van der Waals surface area contributed by atoms with Gasteiger partial charge in [-0.05, 0) is 78.4 Å². The highest BCUT2D eigenvalue weighted by Gasteiger charge is 2.44. The first-order valence-electron chi connectivity index (χ1n) is 10.9. The smallest absolute Gasteiger partial charge is 0.337 e. The van der Waals surface area contributed by atoms with Crippen LogP contribution in [0.3, 0.4) is 0 Å². The lowest BCUT2D eigenvalue weighted by atomic mass is 10.1. The van der Waals surface area contributed by atoms with Gasteiger partial charge < -0.3 is 15.0 Å². The van der Waals surface area contributed by atoms with Crippen LogP contribution in [0, 0.1) is 0 Å². The number of carbonyl (C=O) groups excluding carboxylic acids is 3. The molecule has 1 aliphatic rings. The van der Waals surface area contributed by atoms with Crippen molar-refractivity contribution in [2.45, 2.75) is 19.0 Å². The third kappa shape index (κ3) is 5.67. The minimum atomic E-state index is -0.821. The molecule has 0 aliphatic carbocycles. The van der Waals surface area contributed by atoms with E-state index in [2.05, 4.69) is 10.1 Å². The summed E-state index contributed by atoms with van der Waals surface area (Å²) in [6, 6.07) is 19.4. The second-order valence-corrected chi connectivity index (χ2v) is 9.26. The third-order valence-electron chi connectivity index (χ3n) is 5.64. The molecule has 36 heavy (non-hydrogen) atoms. The number of ether oxygens (including phenoxy) is 1. The van der Waals surface area contributed by atoms with Crippen LogP contribution < -0.4 is 10.2 Å². The molecule has 1 N–H and O–H groups in total. The summed E-state index contributed by atoms with van der Waals surface area (Å²) in [6.07, 6.45) is -0.130. The number of carbonyl (C=O) groups is 3. The molecule has 0 bridgehead atoms. The van der Waals surface area contributed by atoms with E-state index in [1.54, 1.807) is 65.6 Å². The molecule has 0 saturated carbocycles. The molecule has 0 aromatic heterocycles. The van der Waals surface area contributed by atoms with Crippen molar-refractivity contribution in [2.75, 3.05) is 17.3 Å². The Kier molecular flexibility index (Phi) is 7.88. The quantitative estimate of drug-likeness (QED) is 0.322. The zero-order valence-electron chi connectivity index (χ0n) is 19.1. The molecular weight excluding hydrogens is 521 g/mol. The van der Waals surface area contributed by atoms with Gasteiger partial charge in [0.15, 0.2) is 5.11 Å². The Balaban J connectivity index is 1.56. The van der Waals surface area contributed by atoms with Crippen molar-refractivity contribution in [3.63, 3.8) is 0 Å². The van der Waals surface area contributed by atoms with Crippen molar-refractivity contribution in [1.82, 2.24) is 4.90 Å². The van der Waals surface area contributed by atoms with Crippen LogP contribution in [-0.4, -0.2) is 40.9 Å². The standard InChI is InChI=1S/C26H21Cl2N3O4S/c1-35-25(34)17-4-10-20(11-5-17)29-23(32)14-22-24(33)31(21-12-8-19(28)9-13-21)26(36)30(22)15-16-2-6-18(27)7-3-16/h2-13,22H,14-15H2,1H3,(H,29,32)/t22-/m0/s1. The summed E-state index contributed by atoms with van der Waals surface area (Å²) in [7, 11) is 1.30. The molecule has 0 spiro atoms. The number of hydrogen-bond acceptors (Lipinski definition) is 5. The molecule has 2 amide bonds. The number of rotatable bonds is 7. The van der Waals surface area contributed by atoms with Gasteiger partial charge in [-0.15, -0.1) is 0 Å². The molecule has 10 heteroatoms. The molecule has 1 aliphatic heterocycles. The highest BCUT2D eigenvalue weighted by Crippen LogP contribution is 2.30. The van der Waals surface area contributed by atoms with Crippen LogP contribution in [0.5, 0.6) is 0 Å². The number of amides is 2. The third-order valence-corrected chi connectivity index (χ3v) is 6.56. The summed E-state index contributed by atoms with van der Waals surface area (Å²) in [5, 5.41) is 4.19. The second kappa shape index (κ2) is 11.1. The minimum Gasteiger partial charge on any atom is -0.465 e. The van der Waals surface area contributed by atoms with Crippen molar-refractivity contribution in [1.29, 1.82) is 0 Å². The van der Waals surface area contributed by atoms with Crippen LogP contribution >= 0.6 is 35.4 Å².